The van der Waals surface area contributed by atoms with Crippen molar-refractivity contribution in [2.24, 2.45) is 5.14 Å². The van der Waals surface area contributed by atoms with Crippen molar-refractivity contribution < 1.29 is 22.7 Å². The molecule has 31 heavy (non-hydrogen) atoms. The molecule has 0 unspecified atom stereocenters. The number of nitrogens with two attached hydrogens (primary N) is 1. The minimum atomic E-state index is -4.16. The van der Waals surface area contributed by atoms with Crippen molar-refractivity contribution in [2.75, 3.05) is 25.1 Å². The lowest BCUT2D eigenvalue weighted by Crippen LogP contribution is -2.26. The van der Waals surface area contributed by atoms with Crippen molar-refractivity contribution >= 4 is 21.7 Å². The molecule has 0 saturated heterocycles. The zero-order valence-electron chi connectivity index (χ0n) is 19.1. The number of hydrogen-bond acceptors (Lipinski definition) is 6. The zero-order valence-corrected chi connectivity index (χ0v) is 19.9. The molecule has 0 aliphatic heterocycles. The highest BCUT2D eigenvalue weighted by atomic mass is 32.2. The highest BCUT2D eigenvalue weighted by Gasteiger charge is 2.26. The van der Waals surface area contributed by atoms with Gasteiger partial charge in [-0.2, -0.15) is 0 Å². The van der Waals surface area contributed by atoms with Crippen molar-refractivity contribution in [3.8, 4) is 11.5 Å². The maximum atomic E-state index is 12.3. The Bertz CT molecular complexity index is 930. The number of hydrogen-bond donors (Lipinski definition) is 1. The van der Waals surface area contributed by atoms with Crippen molar-refractivity contribution in [1.82, 2.24) is 0 Å². The number of ether oxygens (including phenoxy) is 2. The number of anilines is 1. The highest BCUT2D eigenvalue weighted by molar-refractivity contribution is 7.89. The Labute approximate surface area is 186 Å². The van der Waals surface area contributed by atoms with Gasteiger partial charge in [-0.05, 0) is 37.6 Å². The Morgan fingerprint density at radius 2 is 1.68 bits per heavy atom. The topological polar surface area (TPSA) is 98.9 Å². The summed E-state index contributed by atoms with van der Waals surface area (Å²) in [7, 11) is -2.92. The number of rotatable bonds is 9. The predicted molar refractivity (Wildman–Crippen MR) is 124 cm³/mol. The second kappa shape index (κ2) is 13.0. The third-order valence-electron chi connectivity index (χ3n) is 4.23. The smallest absolute Gasteiger partial charge is 0.337 e. The van der Waals surface area contributed by atoms with Gasteiger partial charge in [0.2, 0.25) is 10.0 Å². The van der Waals surface area contributed by atoms with Crippen LogP contribution in [0.1, 0.15) is 57.3 Å². The van der Waals surface area contributed by atoms with Crippen molar-refractivity contribution in [2.45, 2.75) is 51.9 Å². The van der Waals surface area contributed by atoms with Crippen LogP contribution in [0.3, 0.4) is 0 Å². The zero-order chi connectivity index (χ0) is 23.4. The summed E-state index contributed by atoms with van der Waals surface area (Å²) in [5.41, 5.74) is 0.573. The largest absolute Gasteiger partial charge is 0.465 e. The number of carbonyl (C=O) groups is 1. The molecule has 0 radical (unpaired) electrons. The summed E-state index contributed by atoms with van der Waals surface area (Å²) < 4.78 is 35.3. The lowest BCUT2D eigenvalue weighted by Gasteiger charge is -2.27. The van der Waals surface area contributed by atoms with Gasteiger partial charge in [0.15, 0.2) is 5.75 Å². The molecular formula is C23H34N2O5S. The van der Waals surface area contributed by atoms with Crippen LogP contribution >= 0.6 is 0 Å². The number of carbonyl (C=O) groups excluding carboxylic acids is 1. The molecule has 0 aliphatic rings. The highest BCUT2D eigenvalue weighted by Crippen LogP contribution is 2.39. The number of para-hydroxylation sites is 1. The molecule has 2 aromatic carbocycles. The molecule has 0 fully saturated rings. The number of sulfonamides is 1. The minimum absolute atomic E-state index is 0.0943. The SMILES string of the molecule is CCC.CCCCN(CC)c1cc(C(=O)OC)cc(S(N)(=O)=O)c1Oc1ccccc1. The lowest BCUT2D eigenvalue weighted by molar-refractivity contribution is 0.0600. The average molecular weight is 451 g/mol. The molecule has 172 valence electrons. The fraction of sp³-hybridized carbons (Fsp3) is 0.435. The fourth-order valence-corrected chi connectivity index (χ4v) is 3.47. The van der Waals surface area contributed by atoms with E-state index < -0.39 is 16.0 Å². The van der Waals surface area contributed by atoms with Gasteiger partial charge < -0.3 is 14.4 Å². The molecule has 0 amide bonds. The molecule has 2 N–H and O–H groups in total. The van der Waals surface area contributed by atoms with E-state index in [1.165, 1.54) is 19.6 Å². The lowest BCUT2D eigenvalue weighted by atomic mass is 10.1. The monoisotopic (exact) mass is 450 g/mol. The normalized spacial score (nSPS) is 10.6. The summed E-state index contributed by atoms with van der Waals surface area (Å²) in [6, 6.07) is 11.6. The number of unbranched alkanes of at least 4 members (excludes halogenated alkanes) is 1. The number of nitrogens with zero attached hydrogens (tertiary/aromatic N) is 1. The van der Waals surface area contributed by atoms with Gasteiger partial charge in [0, 0.05) is 13.1 Å². The first-order chi connectivity index (χ1) is 14.7. The van der Waals surface area contributed by atoms with Crippen LogP contribution in [0.25, 0.3) is 0 Å². The second-order valence-electron chi connectivity index (χ2n) is 6.91. The summed E-state index contributed by atoms with van der Waals surface area (Å²) >= 11 is 0. The standard InChI is InChI=1S/C20H26N2O5S.C3H8/c1-4-6-12-22(5-2)17-13-15(20(23)26-3)14-18(28(21,24)25)19(17)27-16-10-8-7-9-11-16;1-3-2/h7-11,13-14H,4-6,12H2,1-3H3,(H2,21,24,25);3H2,1-2H3. The Morgan fingerprint density at radius 3 is 2.16 bits per heavy atom. The predicted octanol–water partition coefficient (Wildman–Crippen LogP) is 4.96. The summed E-state index contributed by atoms with van der Waals surface area (Å²) in [6.45, 7) is 9.53. The molecule has 0 heterocycles. The molecule has 0 spiro atoms. The van der Waals surface area contributed by atoms with Crippen molar-refractivity contribution in [3.05, 3.63) is 48.0 Å². The van der Waals surface area contributed by atoms with Crippen LogP contribution in [-0.2, 0) is 14.8 Å². The van der Waals surface area contributed by atoms with Crippen LogP contribution in [0, 0.1) is 0 Å². The van der Waals surface area contributed by atoms with Crippen LogP contribution in [-0.4, -0.2) is 34.6 Å². The molecular weight excluding hydrogens is 416 g/mol. The third kappa shape index (κ3) is 7.88. The van der Waals surface area contributed by atoms with E-state index in [9.17, 15) is 13.2 Å². The van der Waals surface area contributed by atoms with Crippen LogP contribution < -0.4 is 14.8 Å². The van der Waals surface area contributed by atoms with Gasteiger partial charge in [-0.25, -0.2) is 18.4 Å². The second-order valence-corrected chi connectivity index (χ2v) is 8.44. The fourth-order valence-electron chi connectivity index (χ4n) is 2.78. The van der Waals surface area contributed by atoms with Crippen LogP contribution in [0.15, 0.2) is 47.4 Å². The van der Waals surface area contributed by atoms with Gasteiger partial charge in [0.1, 0.15) is 10.6 Å². The Hall–Kier alpha value is -2.58. The number of esters is 1. The quantitative estimate of drug-likeness (QED) is 0.542. The van der Waals surface area contributed by atoms with E-state index in [2.05, 4.69) is 20.8 Å². The molecule has 2 rings (SSSR count). The molecule has 0 saturated carbocycles. The number of methoxy groups -OCH3 is 1. The summed E-state index contributed by atoms with van der Waals surface area (Å²) in [6.07, 6.45) is 3.11. The van der Waals surface area contributed by atoms with E-state index in [-0.39, 0.29) is 16.2 Å². The van der Waals surface area contributed by atoms with Gasteiger partial charge >= 0.3 is 5.97 Å². The van der Waals surface area contributed by atoms with Gasteiger partial charge in [-0.1, -0.05) is 51.8 Å². The van der Waals surface area contributed by atoms with Crippen LogP contribution in [0.4, 0.5) is 5.69 Å². The van der Waals surface area contributed by atoms with Crippen LogP contribution in [0.5, 0.6) is 11.5 Å². The first kappa shape index (κ1) is 26.5. The van der Waals surface area contributed by atoms with E-state index in [0.717, 1.165) is 12.8 Å². The molecule has 0 aromatic heterocycles. The van der Waals surface area contributed by atoms with E-state index in [1.54, 1.807) is 30.3 Å². The van der Waals surface area contributed by atoms with E-state index in [1.807, 2.05) is 17.9 Å². The molecule has 7 nitrogen and oxygen atoms in total. The maximum absolute atomic E-state index is 12.3. The molecule has 0 atom stereocenters. The molecule has 0 bridgehead atoms. The average Bonchev–Trinajstić information content (AvgIpc) is 2.74. The minimum Gasteiger partial charge on any atom is -0.465 e. The van der Waals surface area contributed by atoms with Crippen molar-refractivity contribution in [1.29, 1.82) is 0 Å². The van der Waals surface area contributed by atoms with E-state index in [0.29, 0.717) is 24.5 Å². The van der Waals surface area contributed by atoms with Crippen molar-refractivity contribution in [3.63, 3.8) is 0 Å². The summed E-state index contributed by atoms with van der Waals surface area (Å²) in [4.78, 5) is 13.8. The number of primary sulfonamides is 1. The third-order valence-corrected chi connectivity index (χ3v) is 5.15. The maximum Gasteiger partial charge on any atom is 0.337 e. The van der Waals surface area contributed by atoms with Gasteiger partial charge in [0.25, 0.3) is 0 Å². The van der Waals surface area contributed by atoms with Gasteiger partial charge in [0.05, 0.1) is 18.4 Å². The molecule has 2 aromatic rings. The molecule has 0 aliphatic carbocycles. The molecule has 8 heteroatoms. The Morgan fingerprint density at radius 1 is 1.06 bits per heavy atom. The Kier molecular flexibility index (Phi) is 11.1. The van der Waals surface area contributed by atoms with Gasteiger partial charge in [-0.3, -0.25) is 0 Å². The summed E-state index contributed by atoms with van der Waals surface area (Å²) in [5.74, 6) is -0.0886. The number of benzene rings is 2. The van der Waals surface area contributed by atoms with Gasteiger partial charge in [-0.15, -0.1) is 0 Å². The van der Waals surface area contributed by atoms with E-state index >= 15 is 0 Å². The summed E-state index contributed by atoms with van der Waals surface area (Å²) in [5, 5.41) is 5.45. The first-order valence-electron chi connectivity index (χ1n) is 10.5. The van der Waals surface area contributed by atoms with Crippen LogP contribution in [0.2, 0.25) is 0 Å². The first-order valence-corrected chi connectivity index (χ1v) is 12.0. The van der Waals surface area contributed by atoms with E-state index in [4.69, 9.17) is 14.6 Å². The Balaban J connectivity index is 0.00000151.